The van der Waals surface area contributed by atoms with E-state index in [1.807, 2.05) is 18.2 Å². The molecule has 0 radical (unpaired) electrons. The molecule has 1 N–H and O–H groups in total. The molecule has 0 aromatic carbocycles. The van der Waals surface area contributed by atoms with Crippen LogP contribution in [-0.4, -0.2) is 47.1 Å². The Balaban J connectivity index is 1.65. The number of nitrogens with zero attached hydrogens (tertiary/aromatic N) is 3. The number of aromatic nitrogens is 2. The molecule has 0 unspecified atom stereocenters. The van der Waals surface area contributed by atoms with Gasteiger partial charge in [-0.05, 0) is 29.7 Å². The molecular formula is C18H20N4O3. The van der Waals surface area contributed by atoms with Gasteiger partial charge in [-0.1, -0.05) is 6.07 Å². The Kier molecular flexibility index (Phi) is 5.23. The van der Waals surface area contributed by atoms with Crippen molar-refractivity contribution in [2.75, 3.05) is 20.2 Å². The van der Waals surface area contributed by atoms with Crippen LogP contribution in [0, 0.1) is 0 Å². The summed E-state index contributed by atoms with van der Waals surface area (Å²) < 4.78 is 4.76. The summed E-state index contributed by atoms with van der Waals surface area (Å²) in [7, 11) is 1.36. The highest BCUT2D eigenvalue weighted by Crippen LogP contribution is 2.22. The number of rotatable bonds is 4. The molecule has 0 bridgehead atoms. The Morgan fingerprint density at radius 2 is 2.20 bits per heavy atom. The maximum Gasteiger partial charge on any atom is 0.409 e. The van der Waals surface area contributed by atoms with Crippen molar-refractivity contribution in [1.29, 1.82) is 0 Å². The van der Waals surface area contributed by atoms with Crippen LogP contribution in [0.4, 0.5) is 4.79 Å². The van der Waals surface area contributed by atoms with E-state index in [0.717, 1.165) is 16.8 Å². The minimum absolute atomic E-state index is 0.146. The van der Waals surface area contributed by atoms with E-state index in [2.05, 4.69) is 15.3 Å². The molecule has 25 heavy (non-hydrogen) atoms. The molecule has 3 heterocycles. The van der Waals surface area contributed by atoms with E-state index in [-0.39, 0.29) is 12.0 Å². The maximum atomic E-state index is 12.5. The highest BCUT2D eigenvalue weighted by Gasteiger charge is 2.25. The van der Waals surface area contributed by atoms with Crippen LogP contribution in [0.15, 0.2) is 36.8 Å². The highest BCUT2D eigenvalue weighted by atomic mass is 16.5. The third-order valence-corrected chi connectivity index (χ3v) is 4.21. The van der Waals surface area contributed by atoms with E-state index in [0.29, 0.717) is 38.0 Å². The molecule has 1 aliphatic rings. The first kappa shape index (κ1) is 16.9. The lowest BCUT2D eigenvalue weighted by molar-refractivity contribution is 0.0951. The van der Waals surface area contributed by atoms with Gasteiger partial charge >= 0.3 is 6.09 Å². The van der Waals surface area contributed by atoms with Crippen LogP contribution in [0.2, 0.25) is 0 Å². The number of ether oxygens (including phenoxy) is 1. The van der Waals surface area contributed by atoms with Crippen LogP contribution in [0.25, 0.3) is 0 Å². The van der Waals surface area contributed by atoms with Crippen LogP contribution in [-0.2, 0) is 24.1 Å². The second-order valence-electron chi connectivity index (χ2n) is 5.79. The van der Waals surface area contributed by atoms with Crippen molar-refractivity contribution in [3.05, 3.63) is 59.2 Å². The number of amides is 2. The molecule has 3 rings (SSSR count). The number of carbonyl (C=O) groups excluding carboxylic acids is 2. The van der Waals surface area contributed by atoms with Gasteiger partial charge in [0.2, 0.25) is 0 Å². The van der Waals surface area contributed by atoms with Gasteiger partial charge in [0.05, 0.1) is 19.2 Å². The van der Waals surface area contributed by atoms with Crippen molar-refractivity contribution in [2.24, 2.45) is 0 Å². The first-order chi connectivity index (χ1) is 12.2. The predicted octanol–water partition coefficient (Wildman–Crippen LogP) is 1.57. The summed E-state index contributed by atoms with van der Waals surface area (Å²) >= 11 is 0. The van der Waals surface area contributed by atoms with Crippen LogP contribution < -0.4 is 5.32 Å². The number of methoxy groups -OCH3 is 1. The summed E-state index contributed by atoms with van der Waals surface area (Å²) in [6.45, 7) is 1.44. The molecular weight excluding hydrogens is 320 g/mol. The molecule has 2 aromatic rings. The number of nitrogens with one attached hydrogen (secondary N) is 1. The van der Waals surface area contributed by atoms with Gasteiger partial charge in [-0.15, -0.1) is 0 Å². The van der Waals surface area contributed by atoms with Crippen LogP contribution in [0.5, 0.6) is 0 Å². The second-order valence-corrected chi connectivity index (χ2v) is 5.79. The normalized spacial score (nSPS) is 13.1. The Bertz CT molecular complexity index is 764. The van der Waals surface area contributed by atoms with Gasteiger partial charge in [0.15, 0.2) is 0 Å². The summed E-state index contributed by atoms with van der Waals surface area (Å²) in [5.74, 6) is -0.146. The molecule has 7 nitrogen and oxygen atoms in total. The van der Waals surface area contributed by atoms with Crippen LogP contribution in [0.1, 0.15) is 27.2 Å². The standard InChI is InChI=1S/C18H20N4O3/c1-25-18(24)22-9-6-15-13(12-22)10-19-11-16(15)17(23)21-8-5-14-4-2-3-7-20-14/h2-4,7,10-11H,5-6,8-9,12H2,1H3,(H,21,23). The molecule has 0 atom stereocenters. The van der Waals surface area contributed by atoms with Crippen molar-refractivity contribution in [1.82, 2.24) is 20.2 Å². The Labute approximate surface area is 146 Å². The average Bonchev–Trinajstić information content (AvgIpc) is 2.67. The van der Waals surface area contributed by atoms with Crippen molar-refractivity contribution in [3.8, 4) is 0 Å². The number of hydrogen-bond acceptors (Lipinski definition) is 5. The fraction of sp³-hybridized carbons (Fsp3) is 0.333. The van der Waals surface area contributed by atoms with Gasteiger partial charge in [-0.2, -0.15) is 0 Å². The molecule has 1 aliphatic heterocycles. The second kappa shape index (κ2) is 7.74. The topological polar surface area (TPSA) is 84.4 Å². The zero-order valence-electron chi connectivity index (χ0n) is 14.1. The van der Waals surface area contributed by atoms with Crippen LogP contribution in [0.3, 0.4) is 0 Å². The zero-order valence-corrected chi connectivity index (χ0v) is 14.1. The average molecular weight is 340 g/mol. The highest BCUT2D eigenvalue weighted by molar-refractivity contribution is 5.95. The lowest BCUT2D eigenvalue weighted by Crippen LogP contribution is -2.37. The maximum absolute atomic E-state index is 12.5. The SMILES string of the molecule is COC(=O)N1CCc2c(cncc2C(=O)NCCc2ccccn2)C1. The minimum atomic E-state index is -0.365. The lowest BCUT2D eigenvalue weighted by atomic mass is 9.97. The summed E-state index contributed by atoms with van der Waals surface area (Å²) in [6, 6.07) is 5.72. The molecule has 0 saturated carbocycles. The summed E-state index contributed by atoms with van der Waals surface area (Å²) in [6.07, 6.45) is 5.94. The molecule has 0 spiro atoms. The van der Waals surface area contributed by atoms with Gasteiger partial charge in [0, 0.05) is 43.8 Å². The quantitative estimate of drug-likeness (QED) is 0.913. The third-order valence-electron chi connectivity index (χ3n) is 4.21. The summed E-state index contributed by atoms with van der Waals surface area (Å²) in [5, 5.41) is 2.92. The molecule has 7 heteroatoms. The van der Waals surface area contributed by atoms with E-state index in [1.165, 1.54) is 7.11 Å². The van der Waals surface area contributed by atoms with Gasteiger partial charge in [0.1, 0.15) is 0 Å². The number of fused-ring (bicyclic) bond motifs is 1. The lowest BCUT2D eigenvalue weighted by Gasteiger charge is -2.28. The van der Waals surface area contributed by atoms with Gasteiger partial charge in [-0.25, -0.2) is 4.79 Å². The van der Waals surface area contributed by atoms with E-state index in [9.17, 15) is 9.59 Å². The largest absolute Gasteiger partial charge is 0.453 e. The van der Waals surface area contributed by atoms with Gasteiger partial charge in [-0.3, -0.25) is 14.8 Å². The zero-order chi connectivity index (χ0) is 17.6. The molecule has 0 fully saturated rings. The van der Waals surface area contributed by atoms with E-state index in [1.54, 1.807) is 23.5 Å². The monoisotopic (exact) mass is 340 g/mol. The fourth-order valence-corrected chi connectivity index (χ4v) is 2.92. The number of hydrogen-bond donors (Lipinski definition) is 1. The van der Waals surface area contributed by atoms with Crippen molar-refractivity contribution < 1.29 is 14.3 Å². The fourth-order valence-electron chi connectivity index (χ4n) is 2.92. The van der Waals surface area contributed by atoms with Crippen molar-refractivity contribution >= 4 is 12.0 Å². The van der Waals surface area contributed by atoms with Crippen molar-refractivity contribution in [2.45, 2.75) is 19.4 Å². The van der Waals surface area contributed by atoms with Gasteiger partial charge in [0.25, 0.3) is 5.91 Å². The third kappa shape index (κ3) is 3.93. The van der Waals surface area contributed by atoms with E-state index in [4.69, 9.17) is 4.74 Å². The molecule has 2 aromatic heterocycles. The first-order valence-electron chi connectivity index (χ1n) is 8.16. The molecule has 0 saturated heterocycles. The Morgan fingerprint density at radius 1 is 1.32 bits per heavy atom. The minimum Gasteiger partial charge on any atom is -0.453 e. The van der Waals surface area contributed by atoms with E-state index < -0.39 is 0 Å². The van der Waals surface area contributed by atoms with Crippen molar-refractivity contribution in [3.63, 3.8) is 0 Å². The Morgan fingerprint density at radius 3 is 2.96 bits per heavy atom. The van der Waals surface area contributed by atoms with E-state index >= 15 is 0 Å². The number of pyridine rings is 2. The first-order valence-corrected chi connectivity index (χ1v) is 8.16. The Hall–Kier alpha value is -2.96. The summed E-state index contributed by atoms with van der Waals surface area (Å²) in [4.78, 5) is 34.2. The van der Waals surface area contributed by atoms with Gasteiger partial charge < -0.3 is 15.0 Å². The molecule has 0 aliphatic carbocycles. The molecule has 130 valence electrons. The predicted molar refractivity (Wildman–Crippen MR) is 91.0 cm³/mol. The van der Waals surface area contributed by atoms with Crippen LogP contribution >= 0.6 is 0 Å². The molecule has 2 amide bonds. The number of carbonyl (C=O) groups is 2. The summed E-state index contributed by atoms with van der Waals surface area (Å²) in [5.41, 5.74) is 3.34. The smallest absolute Gasteiger partial charge is 0.409 e.